The molecular weight excluding hydrogens is 202 g/mol. The van der Waals surface area contributed by atoms with Crippen molar-refractivity contribution in [1.82, 2.24) is 0 Å². The second kappa shape index (κ2) is 7.80. The van der Waals surface area contributed by atoms with Crippen LogP contribution < -0.4 is 5.73 Å². The third-order valence-electron chi connectivity index (χ3n) is 3.16. The van der Waals surface area contributed by atoms with Crippen molar-refractivity contribution in [3.05, 3.63) is 0 Å². The van der Waals surface area contributed by atoms with Gasteiger partial charge in [0.05, 0.1) is 6.10 Å². The predicted molar refractivity (Wildman–Crippen MR) is 65.3 cm³/mol. The molecule has 1 rings (SSSR count). The van der Waals surface area contributed by atoms with Crippen molar-refractivity contribution >= 4 is 5.78 Å². The van der Waals surface area contributed by atoms with E-state index in [9.17, 15) is 4.79 Å². The van der Waals surface area contributed by atoms with Gasteiger partial charge in [0.2, 0.25) is 0 Å². The average Bonchev–Trinajstić information content (AvgIpc) is 2.70. The van der Waals surface area contributed by atoms with E-state index in [1.54, 1.807) is 0 Å². The van der Waals surface area contributed by atoms with E-state index in [2.05, 4.69) is 6.92 Å². The molecule has 1 fully saturated rings. The van der Waals surface area contributed by atoms with Crippen molar-refractivity contribution in [2.75, 3.05) is 6.61 Å². The molecule has 0 radical (unpaired) electrons. The van der Waals surface area contributed by atoms with Crippen LogP contribution >= 0.6 is 0 Å². The Morgan fingerprint density at radius 3 is 3.00 bits per heavy atom. The van der Waals surface area contributed by atoms with Crippen molar-refractivity contribution in [2.24, 2.45) is 5.73 Å². The summed E-state index contributed by atoms with van der Waals surface area (Å²) in [6.07, 6.45) is 8.01. The Kier molecular flexibility index (Phi) is 6.65. The molecule has 3 nitrogen and oxygen atoms in total. The van der Waals surface area contributed by atoms with Crippen LogP contribution in [0.4, 0.5) is 0 Å². The Morgan fingerprint density at radius 1 is 1.56 bits per heavy atom. The molecule has 0 aromatic carbocycles. The van der Waals surface area contributed by atoms with E-state index < -0.39 is 0 Å². The number of carbonyl (C=O) groups excluding carboxylic acids is 1. The minimum absolute atomic E-state index is 0.0697. The largest absolute Gasteiger partial charge is 0.378 e. The lowest BCUT2D eigenvalue weighted by Gasteiger charge is -2.10. The molecule has 2 N–H and O–H groups in total. The van der Waals surface area contributed by atoms with E-state index in [0.717, 1.165) is 32.3 Å². The molecule has 0 saturated carbocycles. The van der Waals surface area contributed by atoms with Crippen LogP contribution in [-0.2, 0) is 9.53 Å². The second-order valence-electron chi connectivity index (χ2n) is 4.82. The van der Waals surface area contributed by atoms with Crippen LogP contribution in [0.3, 0.4) is 0 Å². The highest BCUT2D eigenvalue weighted by Crippen LogP contribution is 2.18. The van der Waals surface area contributed by atoms with Gasteiger partial charge >= 0.3 is 0 Å². The second-order valence-corrected chi connectivity index (χ2v) is 4.82. The van der Waals surface area contributed by atoms with Crippen LogP contribution in [-0.4, -0.2) is 24.5 Å². The highest BCUT2D eigenvalue weighted by Gasteiger charge is 2.15. The maximum Gasteiger partial charge on any atom is 0.134 e. The molecule has 3 heteroatoms. The lowest BCUT2D eigenvalue weighted by Crippen LogP contribution is -2.23. The van der Waals surface area contributed by atoms with Gasteiger partial charge in [0.1, 0.15) is 5.78 Å². The van der Waals surface area contributed by atoms with Crippen molar-refractivity contribution in [1.29, 1.82) is 0 Å². The molecule has 0 aromatic rings. The van der Waals surface area contributed by atoms with Crippen LogP contribution in [0.5, 0.6) is 0 Å². The number of Topliss-reactive ketones (excluding diaryl/α,β-unsaturated/α-hetero) is 1. The lowest BCUT2D eigenvalue weighted by molar-refractivity contribution is -0.119. The maximum absolute atomic E-state index is 11.6. The first-order valence-electron chi connectivity index (χ1n) is 6.61. The summed E-state index contributed by atoms with van der Waals surface area (Å²) in [5.74, 6) is 0.318. The van der Waals surface area contributed by atoms with Gasteiger partial charge in [0, 0.05) is 25.5 Å². The van der Waals surface area contributed by atoms with Gasteiger partial charge in [-0.3, -0.25) is 4.79 Å². The quantitative estimate of drug-likeness (QED) is 0.693. The monoisotopic (exact) mass is 227 g/mol. The van der Waals surface area contributed by atoms with Gasteiger partial charge in [-0.25, -0.2) is 0 Å². The first kappa shape index (κ1) is 13.7. The van der Waals surface area contributed by atoms with E-state index in [4.69, 9.17) is 10.5 Å². The maximum atomic E-state index is 11.6. The average molecular weight is 227 g/mol. The van der Waals surface area contributed by atoms with Gasteiger partial charge in [-0.05, 0) is 32.1 Å². The molecule has 1 saturated heterocycles. The minimum atomic E-state index is 0.0697. The first-order valence-corrected chi connectivity index (χ1v) is 6.61. The van der Waals surface area contributed by atoms with Crippen molar-refractivity contribution in [3.63, 3.8) is 0 Å². The summed E-state index contributed by atoms with van der Waals surface area (Å²) in [5.41, 5.74) is 5.83. The van der Waals surface area contributed by atoms with Gasteiger partial charge in [-0.2, -0.15) is 0 Å². The Bertz CT molecular complexity index is 200. The van der Waals surface area contributed by atoms with Gasteiger partial charge in [-0.1, -0.05) is 13.3 Å². The van der Waals surface area contributed by atoms with E-state index in [1.807, 2.05) is 0 Å². The Balaban J connectivity index is 2.01. The zero-order valence-electron chi connectivity index (χ0n) is 10.4. The minimum Gasteiger partial charge on any atom is -0.378 e. The number of carbonyl (C=O) groups is 1. The Morgan fingerprint density at radius 2 is 2.38 bits per heavy atom. The lowest BCUT2D eigenvalue weighted by atomic mass is 10.0. The van der Waals surface area contributed by atoms with Crippen LogP contribution in [0.25, 0.3) is 0 Å². The zero-order valence-corrected chi connectivity index (χ0v) is 10.4. The number of ether oxygens (including phenoxy) is 1. The first-order chi connectivity index (χ1) is 7.72. The SMILES string of the molecule is CCCC(N)CC(=O)CCCC1CCCO1. The zero-order chi connectivity index (χ0) is 11.8. The van der Waals surface area contributed by atoms with E-state index in [0.29, 0.717) is 24.7 Å². The molecule has 0 aliphatic carbocycles. The summed E-state index contributed by atoms with van der Waals surface area (Å²) in [7, 11) is 0. The Labute approximate surface area is 98.7 Å². The fourth-order valence-corrected chi connectivity index (χ4v) is 2.27. The van der Waals surface area contributed by atoms with Gasteiger partial charge in [0.15, 0.2) is 0 Å². The van der Waals surface area contributed by atoms with Crippen molar-refractivity contribution < 1.29 is 9.53 Å². The van der Waals surface area contributed by atoms with E-state index in [-0.39, 0.29) is 6.04 Å². The third-order valence-corrected chi connectivity index (χ3v) is 3.16. The summed E-state index contributed by atoms with van der Waals surface area (Å²) in [5, 5.41) is 0. The van der Waals surface area contributed by atoms with E-state index in [1.165, 1.54) is 12.8 Å². The molecule has 0 bridgehead atoms. The standard InChI is InChI=1S/C13H25NO2/c1-2-5-11(14)10-12(15)6-3-7-13-8-4-9-16-13/h11,13H,2-10,14H2,1H3. The van der Waals surface area contributed by atoms with E-state index >= 15 is 0 Å². The smallest absolute Gasteiger partial charge is 0.134 e. The number of hydrogen-bond donors (Lipinski definition) is 1. The number of nitrogens with two attached hydrogens (primary N) is 1. The molecule has 2 unspecified atom stereocenters. The van der Waals surface area contributed by atoms with Gasteiger partial charge in [-0.15, -0.1) is 0 Å². The van der Waals surface area contributed by atoms with Gasteiger partial charge < -0.3 is 10.5 Å². The highest BCUT2D eigenvalue weighted by atomic mass is 16.5. The number of ketones is 1. The molecule has 0 spiro atoms. The highest BCUT2D eigenvalue weighted by molar-refractivity contribution is 5.78. The Hall–Kier alpha value is -0.410. The fourth-order valence-electron chi connectivity index (χ4n) is 2.27. The molecule has 1 heterocycles. The van der Waals surface area contributed by atoms with Gasteiger partial charge in [0.25, 0.3) is 0 Å². The topological polar surface area (TPSA) is 52.3 Å². The van der Waals surface area contributed by atoms with Crippen molar-refractivity contribution in [3.8, 4) is 0 Å². The van der Waals surface area contributed by atoms with Crippen LogP contribution in [0.2, 0.25) is 0 Å². The van der Waals surface area contributed by atoms with Crippen LogP contribution in [0.1, 0.15) is 58.3 Å². The molecule has 0 amide bonds. The van der Waals surface area contributed by atoms with Crippen molar-refractivity contribution in [2.45, 2.75) is 70.4 Å². The molecule has 1 aliphatic rings. The molecule has 1 aliphatic heterocycles. The molecule has 0 aromatic heterocycles. The summed E-state index contributed by atoms with van der Waals surface area (Å²) in [6, 6.07) is 0.0697. The summed E-state index contributed by atoms with van der Waals surface area (Å²) in [6.45, 7) is 3.00. The number of rotatable bonds is 8. The fraction of sp³-hybridized carbons (Fsp3) is 0.923. The van der Waals surface area contributed by atoms with Crippen LogP contribution in [0.15, 0.2) is 0 Å². The molecule has 16 heavy (non-hydrogen) atoms. The molecule has 2 atom stereocenters. The molecular formula is C13H25NO2. The van der Waals surface area contributed by atoms with Crippen LogP contribution in [0, 0.1) is 0 Å². The molecule has 94 valence electrons. The summed E-state index contributed by atoms with van der Waals surface area (Å²) >= 11 is 0. The third kappa shape index (κ3) is 5.61. The predicted octanol–water partition coefficient (Wildman–Crippen LogP) is 2.42. The number of hydrogen-bond acceptors (Lipinski definition) is 3. The normalized spacial score (nSPS) is 22.2. The summed E-state index contributed by atoms with van der Waals surface area (Å²) < 4.78 is 5.52. The summed E-state index contributed by atoms with van der Waals surface area (Å²) in [4.78, 5) is 11.6.